The first-order valence-electron chi connectivity index (χ1n) is 7.39. The summed E-state index contributed by atoms with van der Waals surface area (Å²) in [5, 5.41) is 7.53. The number of nitrogens with zero attached hydrogens (tertiary/aromatic N) is 1. The van der Waals surface area contributed by atoms with Gasteiger partial charge in [0.2, 0.25) is 0 Å². The minimum Gasteiger partial charge on any atom is -0.384 e. The summed E-state index contributed by atoms with van der Waals surface area (Å²) in [5.74, 6) is 2.94. The summed E-state index contributed by atoms with van der Waals surface area (Å²) in [6.07, 6.45) is 5.78. The highest BCUT2D eigenvalue weighted by Gasteiger charge is 2.39. The Balaban J connectivity index is 1.69. The van der Waals surface area contributed by atoms with Gasteiger partial charge in [-0.2, -0.15) is 0 Å². The van der Waals surface area contributed by atoms with Crippen LogP contribution in [0, 0.1) is 23.2 Å². The predicted molar refractivity (Wildman–Crippen MR) is 87.4 cm³/mol. The first-order chi connectivity index (χ1) is 9.54. The maximum Gasteiger partial charge on any atom is 0.123 e. The van der Waals surface area contributed by atoms with Crippen LogP contribution in [0.4, 0.5) is 5.69 Å². The zero-order chi connectivity index (χ0) is 14.3. The van der Waals surface area contributed by atoms with Gasteiger partial charge in [0.05, 0.1) is 0 Å². The second-order valence-corrected chi connectivity index (χ2v) is 7.25. The second kappa shape index (κ2) is 5.40. The molecule has 3 nitrogen and oxygen atoms in total. The molecule has 0 amide bonds. The third-order valence-corrected chi connectivity index (χ3v) is 5.73. The largest absolute Gasteiger partial charge is 0.384 e. The van der Waals surface area contributed by atoms with Crippen LogP contribution in [0.1, 0.15) is 31.2 Å². The molecule has 0 spiro atoms. The van der Waals surface area contributed by atoms with Crippen LogP contribution in [0.5, 0.6) is 0 Å². The molecule has 1 aromatic carbocycles. The molecule has 108 valence electrons. The Morgan fingerprint density at radius 3 is 2.75 bits per heavy atom. The van der Waals surface area contributed by atoms with Crippen molar-refractivity contribution in [3.05, 3.63) is 28.2 Å². The van der Waals surface area contributed by atoms with Crippen molar-refractivity contribution in [2.24, 2.45) is 23.5 Å². The number of fused-ring (bicyclic) bond motifs is 2. The lowest BCUT2D eigenvalue weighted by atomic mass is 9.88. The van der Waals surface area contributed by atoms with Gasteiger partial charge in [-0.1, -0.05) is 6.42 Å². The lowest BCUT2D eigenvalue weighted by molar-refractivity contribution is 0.337. The molecule has 3 unspecified atom stereocenters. The molecule has 3 atom stereocenters. The van der Waals surface area contributed by atoms with Gasteiger partial charge in [-0.3, -0.25) is 5.41 Å². The molecule has 3 rings (SSSR count). The van der Waals surface area contributed by atoms with Crippen molar-refractivity contribution in [3.63, 3.8) is 0 Å². The maximum absolute atomic E-state index is 7.53. The van der Waals surface area contributed by atoms with E-state index in [9.17, 15) is 0 Å². The summed E-state index contributed by atoms with van der Waals surface area (Å²) in [5.41, 5.74) is 7.52. The number of anilines is 1. The first kappa shape index (κ1) is 13.9. The number of rotatable bonds is 4. The molecule has 0 heterocycles. The van der Waals surface area contributed by atoms with Crippen LogP contribution in [-0.2, 0) is 0 Å². The molecule has 20 heavy (non-hydrogen) atoms. The monoisotopic (exact) mass is 335 g/mol. The Kier molecular flexibility index (Phi) is 3.76. The van der Waals surface area contributed by atoms with E-state index in [0.717, 1.165) is 34.3 Å². The van der Waals surface area contributed by atoms with Gasteiger partial charge in [-0.25, -0.2) is 0 Å². The third kappa shape index (κ3) is 2.58. The Labute approximate surface area is 129 Å². The van der Waals surface area contributed by atoms with Crippen LogP contribution >= 0.6 is 15.9 Å². The van der Waals surface area contributed by atoms with E-state index in [4.69, 9.17) is 11.1 Å². The molecule has 0 radical (unpaired) electrons. The number of halogens is 1. The van der Waals surface area contributed by atoms with Crippen molar-refractivity contribution in [1.29, 1.82) is 5.41 Å². The van der Waals surface area contributed by atoms with Gasteiger partial charge in [0.15, 0.2) is 0 Å². The minimum atomic E-state index is 0.110. The maximum atomic E-state index is 7.53. The zero-order valence-electron chi connectivity index (χ0n) is 11.9. The molecule has 4 heteroatoms. The molecular formula is C16H22BrN3. The van der Waals surface area contributed by atoms with Crippen LogP contribution in [0.3, 0.4) is 0 Å². The fourth-order valence-corrected chi connectivity index (χ4v) is 4.60. The standard InChI is InChI=1S/C16H22BrN3/c1-20(9-12-7-10-2-3-11(12)6-10)13-4-5-14(16(18)19)15(17)8-13/h4-5,8,10-12H,2-3,6-7,9H2,1H3,(H3,18,19). The predicted octanol–water partition coefficient (Wildman–Crippen LogP) is 3.61. The van der Waals surface area contributed by atoms with E-state index in [-0.39, 0.29) is 5.84 Å². The van der Waals surface area contributed by atoms with E-state index in [1.54, 1.807) is 0 Å². The van der Waals surface area contributed by atoms with Crippen molar-refractivity contribution >= 4 is 27.5 Å². The quantitative estimate of drug-likeness (QED) is 0.652. The van der Waals surface area contributed by atoms with E-state index < -0.39 is 0 Å². The summed E-state index contributed by atoms with van der Waals surface area (Å²) in [6, 6.07) is 6.07. The molecule has 2 bridgehead atoms. The third-order valence-electron chi connectivity index (χ3n) is 5.08. The number of nitrogen functional groups attached to an aromatic ring is 1. The van der Waals surface area contributed by atoms with Gasteiger partial charge in [0.25, 0.3) is 0 Å². The first-order valence-corrected chi connectivity index (χ1v) is 8.19. The summed E-state index contributed by atoms with van der Waals surface area (Å²) in [6.45, 7) is 1.15. The second-order valence-electron chi connectivity index (χ2n) is 6.39. The van der Waals surface area contributed by atoms with Crippen molar-refractivity contribution in [3.8, 4) is 0 Å². The van der Waals surface area contributed by atoms with E-state index >= 15 is 0 Å². The van der Waals surface area contributed by atoms with Crippen molar-refractivity contribution in [1.82, 2.24) is 0 Å². The summed E-state index contributed by atoms with van der Waals surface area (Å²) in [7, 11) is 2.17. The van der Waals surface area contributed by atoms with Crippen LogP contribution in [-0.4, -0.2) is 19.4 Å². The van der Waals surface area contributed by atoms with Gasteiger partial charge >= 0.3 is 0 Å². The fourth-order valence-electron chi connectivity index (χ4n) is 4.02. The number of nitrogens with two attached hydrogens (primary N) is 1. The molecule has 2 aliphatic carbocycles. The highest BCUT2D eigenvalue weighted by atomic mass is 79.9. The van der Waals surface area contributed by atoms with Crippen LogP contribution in [0.25, 0.3) is 0 Å². The molecule has 2 saturated carbocycles. The molecule has 0 aliphatic heterocycles. The van der Waals surface area contributed by atoms with Gasteiger partial charge < -0.3 is 10.6 Å². The highest BCUT2D eigenvalue weighted by Crippen LogP contribution is 2.48. The highest BCUT2D eigenvalue weighted by molar-refractivity contribution is 9.10. The van der Waals surface area contributed by atoms with Crippen LogP contribution in [0.15, 0.2) is 22.7 Å². The van der Waals surface area contributed by atoms with Gasteiger partial charge in [0, 0.05) is 29.3 Å². The van der Waals surface area contributed by atoms with Crippen molar-refractivity contribution < 1.29 is 0 Å². The SMILES string of the molecule is CN(CC1CC2CCC1C2)c1ccc(C(=N)N)c(Br)c1. The Bertz CT molecular complexity index is 528. The summed E-state index contributed by atoms with van der Waals surface area (Å²) in [4.78, 5) is 2.35. The summed E-state index contributed by atoms with van der Waals surface area (Å²) >= 11 is 3.51. The topological polar surface area (TPSA) is 53.1 Å². The number of amidine groups is 1. The van der Waals surface area contributed by atoms with E-state index in [1.165, 1.54) is 31.4 Å². The van der Waals surface area contributed by atoms with Gasteiger partial charge in [-0.05, 0) is 71.1 Å². The number of hydrogen-bond donors (Lipinski definition) is 2. The molecular weight excluding hydrogens is 314 g/mol. The zero-order valence-corrected chi connectivity index (χ0v) is 13.5. The Morgan fingerprint density at radius 2 is 2.20 bits per heavy atom. The smallest absolute Gasteiger partial charge is 0.123 e. The number of nitrogens with one attached hydrogen (secondary N) is 1. The van der Waals surface area contributed by atoms with Crippen LogP contribution in [0.2, 0.25) is 0 Å². The van der Waals surface area contributed by atoms with E-state index in [1.807, 2.05) is 6.07 Å². The average Bonchev–Trinajstić information content (AvgIpc) is 3.00. The van der Waals surface area contributed by atoms with Gasteiger partial charge in [0.1, 0.15) is 5.84 Å². The average molecular weight is 336 g/mol. The Hall–Kier alpha value is -1.03. The number of benzene rings is 1. The molecule has 0 aromatic heterocycles. The lowest BCUT2D eigenvalue weighted by Gasteiger charge is -2.29. The lowest BCUT2D eigenvalue weighted by Crippen LogP contribution is -2.28. The van der Waals surface area contributed by atoms with Crippen molar-refractivity contribution in [2.45, 2.75) is 25.7 Å². The Morgan fingerprint density at radius 1 is 1.40 bits per heavy atom. The van der Waals surface area contributed by atoms with E-state index in [2.05, 4.69) is 40.0 Å². The minimum absolute atomic E-state index is 0.110. The molecule has 3 N–H and O–H groups in total. The molecule has 0 saturated heterocycles. The summed E-state index contributed by atoms with van der Waals surface area (Å²) < 4.78 is 0.905. The molecule has 1 aromatic rings. The molecule has 2 fully saturated rings. The fraction of sp³-hybridized carbons (Fsp3) is 0.562. The van der Waals surface area contributed by atoms with E-state index in [0.29, 0.717) is 0 Å². The number of hydrogen-bond acceptors (Lipinski definition) is 2. The van der Waals surface area contributed by atoms with Crippen LogP contribution < -0.4 is 10.6 Å². The molecule has 2 aliphatic rings. The van der Waals surface area contributed by atoms with Gasteiger partial charge in [-0.15, -0.1) is 0 Å². The normalized spacial score (nSPS) is 27.8. The van der Waals surface area contributed by atoms with Crippen molar-refractivity contribution in [2.75, 3.05) is 18.5 Å².